The number of amides is 2. The van der Waals surface area contributed by atoms with E-state index in [1.807, 2.05) is 60.4 Å². The van der Waals surface area contributed by atoms with Gasteiger partial charge in [0.05, 0.1) is 23.3 Å². The first kappa shape index (κ1) is 22.6. The van der Waals surface area contributed by atoms with Gasteiger partial charge in [-0.1, -0.05) is 54.1 Å². The van der Waals surface area contributed by atoms with E-state index in [2.05, 4.69) is 10.3 Å². The van der Waals surface area contributed by atoms with E-state index in [0.29, 0.717) is 38.5 Å². The number of piperazine rings is 1. The Morgan fingerprint density at radius 1 is 0.943 bits per heavy atom. The van der Waals surface area contributed by atoms with E-state index in [4.69, 9.17) is 0 Å². The van der Waals surface area contributed by atoms with Gasteiger partial charge in [-0.2, -0.15) is 0 Å². The van der Waals surface area contributed by atoms with Crippen molar-refractivity contribution < 1.29 is 9.18 Å². The van der Waals surface area contributed by atoms with E-state index in [1.54, 1.807) is 21.6 Å². The number of hydrogen-bond acceptors (Lipinski definition) is 4. The molecule has 1 saturated heterocycles. The molecule has 35 heavy (non-hydrogen) atoms. The normalized spacial score (nSPS) is 13.8. The molecular formula is C27H26FN5O2. The number of carbonyl (C=O) groups excluding carboxylic acids is 1. The summed E-state index contributed by atoms with van der Waals surface area (Å²) in [6.45, 7) is 4.18. The van der Waals surface area contributed by atoms with Crippen molar-refractivity contribution >= 4 is 28.6 Å². The van der Waals surface area contributed by atoms with Crippen molar-refractivity contribution in [2.75, 3.05) is 36.4 Å². The van der Waals surface area contributed by atoms with Gasteiger partial charge in [0.1, 0.15) is 5.82 Å². The largest absolute Gasteiger partial charge is 0.348 e. The van der Waals surface area contributed by atoms with Crippen LogP contribution in [0.2, 0.25) is 0 Å². The zero-order chi connectivity index (χ0) is 24.4. The number of nitrogens with one attached hydrogen (secondary N) is 1. The van der Waals surface area contributed by atoms with Crippen molar-refractivity contribution in [2.24, 2.45) is 0 Å². The summed E-state index contributed by atoms with van der Waals surface area (Å²) < 4.78 is 15.7. The average molecular weight is 472 g/mol. The van der Waals surface area contributed by atoms with Crippen molar-refractivity contribution in [3.05, 3.63) is 100 Å². The molecule has 7 nitrogen and oxygen atoms in total. The van der Waals surface area contributed by atoms with E-state index in [9.17, 15) is 14.0 Å². The number of hydrogen-bond donors (Lipinski definition) is 1. The van der Waals surface area contributed by atoms with Gasteiger partial charge in [-0.05, 0) is 36.8 Å². The van der Waals surface area contributed by atoms with E-state index in [1.165, 1.54) is 17.7 Å². The summed E-state index contributed by atoms with van der Waals surface area (Å²) in [6.07, 6.45) is 0. The molecule has 2 heterocycles. The molecule has 8 heteroatoms. The lowest BCUT2D eigenvalue weighted by Gasteiger charge is -2.35. The number of nitrogens with zero attached hydrogens (tertiary/aromatic N) is 4. The van der Waals surface area contributed by atoms with Crippen LogP contribution in [0.1, 0.15) is 11.1 Å². The molecule has 0 aliphatic carbocycles. The number of benzene rings is 3. The Bertz CT molecular complexity index is 1430. The smallest absolute Gasteiger partial charge is 0.322 e. The van der Waals surface area contributed by atoms with Gasteiger partial charge in [0.15, 0.2) is 5.82 Å². The maximum absolute atomic E-state index is 13.9. The summed E-state index contributed by atoms with van der Waals surface area (Å²) in [5.74, 6) is -0.0982. The van der Waals surface area contributed by atoms with Crippen LogP contribution in [0, 0.1) is 12.7 Å². The van der Waals surface area contributed by atoms with Gasteiger partial charge in [-0.3, -0.25) is 9.36 Å². The van der Waals surface area contributed by atoms with Gasteiger partial charge in [0, 0.05) is 26.2 Å². The van der Waals surface area contributed by atoms with Gasteiger partial charge < -0.3 is 15.1 Å². The molecule has 2 amide bonds. The topological polar surface area (TPSA) is 70.5 Å². The molecule has 0 spiro atoms. The minimum absolute atomic E-state index is 0.148. The summed E-state index contributed by atoms with van der Waals surface area (Å²) in [7, 11) is 0. The van der Waals surface area contributed by atoms with Gasteiger partial charge in [0.25, 0.3) is 5.56 Å². The molecule has 5 rings (SSSR count). The third-order valence-electron chi connectivity index (χ3n) is 6.28. The van der Waals surface area contributed by atoms with E-state index >= 15 is 0 Å². The maximum Gasteiger partial charge on any atom is 0.322 e. The second-order valence-corrected chi connectivity index (χ2v) is 8.69. The standard InChI is InChI=1S/C27H26FN5O2/c1-19-10-12-20(13-11-19)18-33-24-9-5-4-8-23(24)29-25(26(33)34)31-14-16-32(17-15-31)27(35)30-22-7-3-2-6-21(22)28/h2-13H,14-18H2,1H3,(H,30,35). The molecule has 3 aromatic carbocycles. The first-order valence-corrected chi connectivity index (χ1v) is 11.6. The SMILES string of the molecule is Cc1ccc(Cn2c(=O)c(N3CCN(C(=O)Nc4ccccc4F)CC3)nc3ccccc32)cc1. The average Bonchev–Trinajstić information content (AvgIpc) is 2.88. The Hall–Kier alpha value is -4.20. The molecule has 1 aliphatic heterocycles. The second kappa shape index (κ2) is 9.58. The van der Waals surface area contributed by atoms with E-state index in [0.717, 1.165) is 16.6 Å². The third kappa shape index (κ3) is 4.73. The maximum atomic E-state index is 13.9. The zero-order valence-corrected chi connectivity index (χ0v) is 19.4. The van der Waals surface area contributed by atoms with Crippen LogP contribution in [0.4, 0.5) is 20.7 Å². The zero-order valence-electron chi connectivity index (χ0n) is 19.4. The van der Waals surface area contributed by atoms with Crippen molar-refractivity contribution in [1.29, 1.82) is 0 Å². The number of para-hydroxylation sites is 3. The molecule has 1 N–H and O–H groups in total. The lowest BCUT2D eigenvalue weighted by atomic mass is 10.1. The Kier molecular flexibility index (Phi) is 6.18. The predicted octanol–water partition coefficient (Wildman–Crippen LogP) is 4.25. The van der Waals surface area contributed by atoms with Gasteiger partial charge >= 0.3 is 6.03 Å². The number of carbonyl (C=O) groups is 1. The Balaban J connectivity index is 1.37. The number of fused-ring (bicyclic) bond motifs is 1. The lowest BCUT2D eigenvalue weighted by molar-refractivity contribution is 0.208. The fourth-order valence-electron chi connectivity index (χ4n) is 4.30. The first-order chi connectivity index (χ1) is 17.0. The number of anilines is 2. The van der Waals surface area contributed by atoms with Gasteiger partial charge in [-0.25, -0.2) is 14.2 Å². The monoisotopic (exact) mass is 471 g/mol. The minimum atomic E-state index is -0.478. The number of aromatic nitrogens is 2. The quantitative estimate of drug-likeness (QED) is 0.483. The van der Waals surface area contributed by atoms with Crippen LogP contribution in [-0.4, -0.2) is 46.7 Å². The molecule has 0 saturated carbocycles. The molecular weight excluding hydrogens is 445 g/mol. The van der Waals surface area contributed by atoms with Crippen molar-refractivity contribution in [3.63, 3.8) is 0 Å². The highest BCUT2D eigenvalue weighted by Crippen LogP contribution is 2.19. The summed E-state index contributed by atoms with van der Waals surface area (Å²) in [5.41, 5.74) is 3.72. The molecule has 1 fully saturated rings. The molecule has 0 bridgehead atoms. The van der Waals surface area contributed by atoms with Crippen LogP contribution in [0.5, 0.6) is 0 Å². The third-order valence-corrected chi connectivity index (χ3v) is 6.28. The second-order valence-electron chi connectivity index (χ2n) is 8.69. The Morgan fingerprint density at radius 3 is 2.37 bits per heavy atom. The molecule has 178 valence electrons. The highest BCUT2D eigenvalue weighted by atomic mass is 19.1. The number of halogens is 1. The molecule has 0 atom stereocenters. The summed E-state index contributed by atoms with van der Waals surface area (Å²) in [6, 6.07) is 21.5. The van der Waals surface area contributed by atoms with Crippen LogP contribution in [0.25, 0.3) is 11.0 Å². The van der Waals surface area contributed by atoms with Crippen molar-refractivity contribution in [3.8, 4) is 0 Å². The van der Waals surface area contributed by atoms with Crippen LogP contribution in [0.15, 0.2) is 77.6 Å². The summed E-state index contributed by atoms with van der Waals surface area (Å²) in [4.78, 5) is 34.4. The van der Waals surface area contributed by atoms with Gasteiger partial charge in [-0.15, -0.1) is 0 Å². The van der Waals surface area contributed by atoms with E-state index in [-0.39, 0.29) is 17.3 Å². The molecule has 4 aromatic rings. The van der Waals surface area contributed by atoms with Gasteiger partial charge in [0.2, 0.25) is 0 Å². The first-order valence-electron chi connectivity index (χ1n) is 11.6. The lowest BCUT2D eigenvalue weighted by Crippen LogP contribution is -2.51. The van der Waals surface area contributed by atoms with Crippen LogP contribution in [-0.2, 0) is 6.54 Å². The predicted molar refractivity (Wildman–Crippen MR) is 135 cm³/mol. The summed E-state index contributed by atoms with van der Waals surface area (Å²) in [5, 5.41) is 2.62. The Labute approximate surface area is 202 Å². The van der Waals surface area contributed by atoms with Crippen LogP contribution >= 0.6 is 0 Å². The highest BCUT2D eigenvalue weighted by molar-refractivity contribution is 5.89. The molecule has 1 aromatic heterocycles. The van der Waals surface area contributed by atoms with Crippen molar-refractivity contribution in [1.82, 2.24) is 14.5 Å². The number of urea groups is 1. The minimum Gasteiger partial charge on any atom is -0.348 e. The fourth-order valence-corrected chi connectivity index (χ4v) is 4.30. The fraction of sp³-hybridized carbons (Fsp3) is 0.222. The number of aryl methyl sites for hydroxylation is 1. The summed E-state index contributed by atoms with van der Waals surface area (Å²) >= 11 is 0. The number of rotatable bonds is 4. The molecule has 0 radical (unpaired) electrons. The van der Waals surface area contributed by atoms with E-state index < -0.39 is 5.82 Å². The highest BCUT2D eigenvalue weighted by Gasteiger charge is 2.25. The van der Waals surface area contributed by atoms with Crippen LogP contribution < -0.4 is 15.8 Å². The van der Waals surface area contributed by atoms with Crippen molar-refractivity contribution in [2.45, 2.75) is 13.5 Å². The molecule has 1 aliphatic rings. The molecule has 0 unspecified atom stereocenters. The Morgan fingerprint density at radius 2 is 1.63 bits per heavy atom. The van der Waals surface area contributed by atoms with Crippen LogP contribution in [0.3, 0.4) is 0 Å².